The van der Waals surface area contributed by atoms with Crippen molar-refractivity contribution >= 4 is 10.1 Å². The molecule has 0 radical (unpaired) electrons. The maximum Gasteiger partial charge on any atom is 0.264 e. The summed E-state index contributed by atoms with van der Waals surface area (Å²) in [6.07, 6.45) is 7.23. The van der Waals surface area contributed by atoms with Crippen LogP contribution in [0, 0.1) is 0 Å². The van der Waals surface area contributed by atoms with Crippen molar-refractivity contribution in [2.75, 3.05) is 19.3 Å². The first-order chi connectivity index (χ1) is 12.0. The topological polar surface area (TPSA) is 55.8 Å². The second-order valence-electron chi connectivity index (χ2n) is 7.26. The summed E-state index contributed by atoms with van der Waals surface area (Å²) < 4.78 is 33.7. The number of hydrogen-bond donors (Lipinski definition) is 0. The number of ether oxygens (including phenoxy) is 1. The predicted molar refractivity (Wildman–Crippen MR) is 97.8 cm³/mol. The fraction of sp³-hybridized carbons (Fsp3) is 0.684. The van der Waals surface area contributed by atoms with E-state index in [1.54, 1.807) is 0 Å². The number of rotatable bonds is 6. The molecule has 6 heteroatoms. The molecule has 0 bridgehead atoms. The Morgan fingerprint density at radius 3 is 2.20 bits per heavy atom. The van der Waals surface area contributed by atoms with Crippen molar-refractivity contribution in [2.45, 2.75) is 63.4 Å². The minimum absolute atomic E-state index is 0.127. The van der Waals surface area contributed by atoms with E-state index >= 15 is 0 Å². The van der Waals surface area contributed by atoms with E-state index in [1.807, 2.05) is 18.2 Å². The summed E-state index contributed by atoms with van der Waals surface area (Å²) in [5.41, 5.74) is 1.23. The first-order valence-corrected chi connectivity index (χ1v) is 11.1. The molecule has 140 valence electrons. The van der Waals surface area contributed by atoms with E-state index in [9.17, 15) is 8.42 Å². The Balaban J connectivity index is 1.37. The van der Waals surface area contributed by atoms with Crippen molar-refractivity contribution < 1.29 is 17.3 Å². The number of nitrogens with zero attached hydrogens (tertiary/aromatic N) is 1. The van der Waals surface area contributed by atoms with Crippen LogP contribution in [0.4, 0.5) is 0 Å². The second-order valence-corrected chi connectivity index (χ2v) is 8.86. The summed E-state index contributed by atoms with van der Waals surface area (Å²) in [5.74, 6) is 0. The highest BCUT2D eigenvalue weighted by Crippen LogP contribution is 2.28. The molecule has 5 nitrogen and oxygen atoms in total. The Bertz CT molecular complexity index is 618. The lowest BCUT2D eigenvalue weighted by molar-refractivity contribution is -0.0183. The fourth-order valence-electron chi connectivity index (χ4n) is 3.95. The molecule has 2 fully saturated rings. The van der Waals surface area contributed by atoms with Crippen molar-refractivity contribution in [1.82, 2.24) is 4.90 Å². The molecule has 1 aliphatic carbocycles. The van der Waals surface area contributed by atoms with Crippen molar-refractivity contribution in [1.29, 1.82) is 0 Å². The third-order valence-corrected chi connectivity index (χ3v) is 5.90. The van der Waals surface area contributed by atoms with E-state index in [1.165, 1.54) is 5.56 Å². The lowest BCUT2D eigenvalue weighted by Gasteiger charge is -2.40. The van der Waals surface area contributed by atoms with Gasteiger partial charge in [-0.2, -0.15) is 8.42 Å². The zero-order valence-corrected chi connectivity index (χ0v) is 15.8. The molecule has 3 rings (SSSR count). The van der Waals surface area contributed by atoms with Crippen molar-refractivity contribution in [3.05, 3.63) is 35.9 Å². The molecule has 1 aromatic rings. The zero-order valence-electron chi connectivity index (χ0n) is 15.0. The standard InChI is InChI=1S/C19H29NO4S/c1-25(21,22)24-19-9-7-17(8-10-19)20-13-11-18(12-14-20)23-15-16-5-3-2-4-6-16/h2-6,17-19H,7-15H2,1H3. The van der Waals surface area contributed by atoms with Gasteiger partial charge in [-0.25, -0.2) is 0 Å². The van der Waals surface area contributed by atoms with Gasteiger partial charge < -0.3 is 9.64 Å². The molecule has 0 amide bonds. The molecule has 25 heavy (non-hydrogen) atoms. The number of benzene rings is 1. The Kier molecular flexibility index (Phi) is 6.49. The summed E-state index contributed by atoms with van der Waals surface area (Å²) in [6, 6.07) is 10.9. The molecule has 0 N–H and O–H groups in total. The van der Waals surface area contributed by atoms with Crippen LogP contribution >= 0.6 is 0 Å². The predicted octanol–water partition coefficient (Wildman–Crippen LogP) is 2.96. The summed E-state index contributed by atoms with van der Waals surface area (Å²) in [5, 5.41) is 0. The van der Waals surface area contributed by atoms with Gasteiger partial charge in [0, 0.05) is 19.1 Å². The lowest BCUT2D eigenvalue weighted by atomic mass is 9.90. The molecule has 1 aliphatic heterocycles. The van der Waals surface area contributed by atoms with Crippen LogP contribution in [0.1, 0.15) is 44.1 Å². The van der Waals surface area contributed by atoms with E-state index < -0.39 is 10.1 Å². The highest BCUT2D eigenvalue weighted by molar-refractivity contribution is 7.86. The van der Waals surface area contributed by atoms with Crippen molar-refractivity contribution in [3.63, 3.8) is 0 Å². The van der Waals surface area contributed by atoms with Gasteiger partial charge in [-0.05, 0) is 44.1 Å². The molecular formula is C19H29NO4S. The molecule has 0 unspecified atom stereocenters. The molecule has 0 spiro atoms. The third-order valence-electron chi connectivity index (χ3n) is 5.28. The zero-order chi connectivity index (χ0) is 17.7. The van der Waals surface area contributed by atoms with Gasteiger partial charge in [0.15, 0.2) is 0 Å². The van der Waals surface area contributed by atoms with Crippen molar-refractivity contribution in [2.24, 2.45) is 0 Å². The number of likely N-dealkylation sites (tertiary alicyclic amines) is 1. The maximum absolute atomic E-state index is 11.2. The summed E-state index contributed by atoms with van der Waals surface area (Å²) >= 11 is 0. The van der Waals surface area contributed by atoms with E-state index in [2.05, 4.69) is 17.0 Å². The Labute approximate surface area is 151 Å². The molecule has 1 heterocycles. The van der Waals surface area contributed by atoms with Crippen molar-refractivity contribution in [3.8, 4) is 0 Å². The van der Waals surface area contributed by atoms with Gasteiger partial charge in [0.2, 0.25) is 0 Å². The van der Waals surface area contributed by atoms with Crippen LogP contribution < -0.4 is 0 Å². The lowest BCUT2D eigenvalue weighted by Crippen LogP contribution is -2.45. The average Bonchev–Trinajstić information content (AvgIpc) is 2.61. The molecular weight excluding hydrogens is 338 g/mol. The average molecular weight is 368 g/mol. The van der Waals surface area contributed by atoms with Crippen LogP contribution in [0.2, 0.25) is 0 Å². The monoisotopic (exact) mass is 367 g/mol. The minimum atomic E-state index is -3.33. The van der Waals surface area contributed by atoms with E-state index in [0.717, 1.165) is 57.9 Å². The van der Waals surface area contributed by atoms with Gasteiger partial charge in [0.05, 0.1) is 25.1 Å². The molecule has 1 aromatic carbocycles. The quantitative estimate of drug-likeness (QED) is 0.724. The minimum Gasteiger partial charge on any atom is -0.373 e. The van der Waals surface area contributed by atoms with Crippen LogP contribution in [0.5, 0.6) is 0 Å². The van der Waals surface area contributed by atoms with Gasteiger partial charge in [0.1, 0.15) is 0 Å². The summed E-state index contributed by atoms with van der Waals surface area (Å²) in [7, 11) is -3.33. The number of piperidine rings is 1. The first-order valence-electron chi connectivity index (χ1n) is 9.27. The number of hydrogen-bond acceptors (Lipinski definition) is 5. The molecule has 2 aliphatic rings. The SMILES string of the molecule is CS(=O)(=O)OC1CCC(N2CCC(OCc3ccccc3)CC2)CC1. The highest BCUT2D eigenvalue weighted by Gasteiger charge is 2.30. The molecule has 1 saturated heterocycles. The smallest absolute Gasteiger partial charge is 0.264 e. The van der Waals surface area contributed by atoms with Crippen LogP contribution in [0.15, 0.2) is 30.3 Å². The summed E-state index contributed by atoms with van der Waals surface area (Å²) in [4.78, 5) is 2.55. The fourth-order valence-corrected chi connectivity index (χ4v) is 4.64. The van der Waals surface area contributed by atoms with Gasteiger partial charge in [0.25, 0.3) is 10.1 Å². The van der Waals surface area contributed by atoms with E-state index in [-0.39, 0.29) is 6.10 Å². The van der Waals surface area contributed by atoms with E-state index in [0.29, 0.717) is 18.8 Å². The Morgan fingerprint density at radius 2 is 1.60 bits per heavy atom. The van der Waals surface area contributed by atoms with Gasteiger partial charge in [-0.15, -0.1) is 0 Å². The Hall–Kier alpha value is -0.950. The van der Waals surface area contributed by atoms with Gasteiger partial charge in [-0.3, -0.25) is 4.18 Å². The first kappa shape index (κ1) is 18.8. The van der Waals surface area contributed by atoms with Crippen LogP contribution in [0.3, 0.4) is 0 Å². The Morgan fingerprint density at radius 1 is 0.960 bits per heavy atom. The largest absolute Gasteiger partial charge is 0.373 e. The third kappa shape index (κ3) is 6.06. The highest BCUT2D eigenvalue weighted by atomic mass is 32.2. The van der Waals surface area contributed by atoms with Gasteiger partial charge >= 0.3 is 0 Å². The van der Waals surface area contributed by atoms with Crippen LogP contribution in [0.25, 0.3) is 0 Å². The molecule has 0 aromatic heterocycles. The van der Waals surface area contributed by atoms with Crippen LogP contribution in [-0.2, 0) is 25.6 Å². The van der Waals surface area contributed by atoms with E-state index in [4.69, 9.17) is 8.92 Å². The normalized spacial score (nSPS) is 26.6. The maximum atomic E-state index is 11.2. The van der Waals surface area contributed by atoms with Crippen LogP contribution in [-0.4, -0.2) is 50.9 Å². The summed E-state index contributed by atoms with van der Waals surface area (Å²) in [6.45, 7) is 2.84. The van der Waals surface area contributed by atoms with Gasteiger partial charge in [-0.1, -0.05) is 30.3 Å². The second kappa shape index (κ2) is 8.62. The molecule has 1 saturated carbocycles. The molecule has 0 atom stereocenters.